The van der Waals surface area contributed by atoms with Gasteiger partial charge in [0.2, 0.25) is 21.7 Å². The maximum atomic E-state index is 13.1. The number of halogens is 3. The highest BCUT2D eigenvalue weighted by Gasteiger charge is 2.31. The Balaban J connectivity index is 1.49. The molecule has 0 spiro atoms. The third-order valence-electron chi connectivity index (χ3n) is 5.31. The normalized spacial score (nSPS) is 14.9. The van der Waals surface area contributed by atoms with E-state index in [1.165, 1.54) is 22.5 Å². The molecule has 0 amide bonds. The number of alkyl halides is 3. The van der Waals surface area contributed by atoms with Crippen LogP contribution in [0, 0.1) is 0 Å². The zero-order chi connectivity index (χ0) is 24.3. The SMILES string of the molecule is CCOc1ccc(NCc2nc(-c3ccc(C(F)(F)F)cc3)no2)cc1S(=O)(=O)N1CCCC1. The van der Waals surface area contributed by atoms with E-state index in [0.717, 1.165) is 25.0 Å². The van der Waals surface area contributed by atoms with Crippen LogP contribution < -0.4 is 10.1 Å². The molecule has 0 atom stereocenters. The Morgan fingerprint density at radius 3 is 2.47 bits per heavy atom. The summed E-state index contributed by atoms with van der Waals surface area (Å²) in [6, 6.07) is 9.22. The molecule has 0 saturated carbocycles. The first-order chi connectivity index (χ1) is 16.2. The molecule has 34 heavy (non-hydrogen) atoms. The highest BCUT2D eigenvalue weighted by Crippen LogP contribution is 2.32. The topological polar surface area (TPSA) is 97.6 Å². The Morgan fingerprint density at radius 1 is 1.12 bits per heavy atom. The largest absolute Gasteiger partial charge is 0.492 e. The molecule has 0 aliphatic carbocycles. The highest BCUT2D eigenvalue weighted by molar-refractivity contribution is 7.89. The zero-order valence-electron chi connectivity index (χ0n) is 18.3. The van der Waals surface area contributed by atoms with Crippen LogP contribution in [0.4, 0.5) is 18.9 Å². The number of nitrogens with one attached hydrogen (secondary N) is 1. The Bertz CT molecular complexity index is 1240. The second-order valence-corrected chi connectivity index (χ2v) is 9.55. The molecule has 1 aliphatic heterocycles. The molecule has 0 unspecified atom stereocenters. The summed E-state index contributed by atoms with van der Waals surface area (Å²) in [6.07, 6.45) is -2.79. The maximum absolute atomic E-state index is 13.1. The van der Waals surface area contributed by atoms with Crippen LogP contribution in [0.3, 0.4) is 0 Å². The molecule has 2 aromatic carbocycles. The molecule has 12 heteroatoms. The summed E-state index contributed by atoms with van der Waals surface area (Å²) >= 11 is 0. The summed E-state index contributed by atoms with van der Waals surface area (Å²) in [5.41, 5.74) is 0.121. The first-order valence-corrected chi connectivity index (χ1v) is 12.1. The highest BCUT2D eigenvalue weighted by atomic mass is 32.2. The molecule has 182 valence electrons. The van der Waals surface area contributed by atoms with Crippen molar-refractivity contribution in [2.24, 2.45) is 0 Å². The van der Waals surface area contributed by atoms with Crippen LogP contribution in [0.15, 0.2) is 51.9 Å². The number of aromatic nitrogens is 2. The minimum absolute atomic E-state index is 0.0808. The molecule has 2 heterocycles. The summed E-state index contributed by atoms with van der Waals surface area (Å²) in [7, 11) is -3.71. The lowest BCUT2D eigenvalue weighted by Crippen LogP contribution is -2.28. The summed E-state index contributed by atoms with van der Waals surface area (Å²) < 4.78 is 76.6. The van der Waals surface area contributed by atoms with Gasteiger partial charge in [0.05, 0.1) is 18.7 Å². The molecule has 3 aromatic rings. The lowest BCUT2D eigenvalue weighted by molar-refractivity contribution is -0.137. The van der Waals surface area contributed by atoms with Gasteiger partial charge in [0.25, 0.3) is 0 Å². The van der Waals surface area contributed by atoms with Gasteiger partial charge >= 0.3 is 6.18 Å². The van der Waals surface area contributed by atoms with Crippen molar-refractivity contribution in [1.29, 1.82) is 0 Å². The number of anilines is 1. The molecule has 0 bridgehead atoms. The minimum Gasteiger partial charge on any atom is -0.492 e. The van der Waals surface area contributed by atoms with Crippen molar-refractivity contribution in [3.05, 3.63) is 53.9 Å². The number of hydrogen-bond donors (Lipinski definition) is 1. The van der Waals surface area contributed by atoms with Crippen LogP contribution in [0.1, 0.15) is 31.2 Å². The van der Waals surface area contributed by atoms with Crippen LogP contribution in [-0.4, -0.2) is 42.6 Å². The van der Waals surface area contributed by atoms with Gasteiger partial charge in [-0.25, -0.2) is 8.42 Å². The Hall–Kier alpha value is -3.12. The minimum atomic E-state index is -4.43. The van der Waals surface area contributed by atoms with Gasteiger partial charge in [0, 0.05) is 24.3 Å². The van der Waals surface area contributed by atoms with E-state index in [1.807, 2.05) is 0 Å². The quantitative estimate of drug-likeness (QED) is 0.489. The predicted octanol–water partition coefficient (Wildman–Crippen LogP) is 4.55. The standard InChI is InChI=1S/C22H23F3N4O4S/c1-2-32-18-10-9-17(13-19(18)34(30,31)29-11-3-4-12-29)26-14-20-27-21(28-33-20)15-5-7-16(8-6-15)22(23,24)25/h5-10,13,26H,2-4,11-12,14H2,1H3. The molecular weight excluding hydrogens is 473 g/mol. The third kappa shape index (κ3) is 5.17. The van der Waals surface area contributed by atoms with E-state index in [4.69, 9.17) is 9.26 Å². The number of rotatable bonds is 8. The van der Waals surface area contributed by atoms with Gasteiger partial charge in [0.1, 0.15) is 10.6 Å². The maximum Gasteiger partial charge on any atom is 0.416 e. The van der Waals surface area contributed by atoms with Gasteiger partial charge in [-0.3, -0.25) is 0 Å². The molecule has 1 aromatic heterocycles. The number of benzene rings is 2. The van der Waals surface area contributed by atoms with E-state index >= 15 is 0 Å². The molecule has 1 aliphatic rings. The molecule has 8 nitrogen and oxygen atoms in total. The van der Waals surface area contributed by atoms with Crippen LogP contribution in [0.5, 0.6) is 5.75 Å². The summed E-state index contributed by atoms with van der Waals surface area (Å²) in [4.78, 5) is 4.28. The van der Waals surface area contributed by atoms with Gasteiger partial charge in [0.15, 0.2) is 0 Å². The Kier molecular flexibility index (Phi) is 6.80. The van der Waals surface area contributed by atoms with Crippen molar-refractivity contribution in [3.8, 4) is 17.1 Å². The molecule has 4 rings (SSSR count). The van der Waals surface area contributed by atoms with Crippen LogP contribution in [0.25, 0.3) is 11.4 Å². The van der Waals surface area contributed by atoms with Crippen LogP contribution in [-0.2, 0) is 22.7 Å². The average Bonchev–Trinajstić information content (AvgIpc) is 3.51. The van der Waals surface area contributed by atoms with Crippen molar-refractivity contribution in [2.75, 3.05) is 25.0 Å². The second kappa shape index (κ2) is 9.63. The van der Waals surface area contributed by atoms with E-state index in [0.29, 0.717) is 30.9 Å². The molecule has 0 radical (unpaired) electrons. The Labute approximate surface area is 194 Å². The van der Waals surface area contributed by atoms with Crippen molar-refractivity contribution in [2.45, 2.75) is 37.4 Å². The van der Waals surface area contributed by atoms with Gasteiger partial charge in [-0.15, -0.1) is 0 Å². The van der Waals surface area contributed by atoms with Crippen molar-refractivity contribution in [1.82, 2.24) is 14.4 Å². The van der Waals surface area contributed by atoms with Gasteiger partial charge < -0.3 is 14.6 Å². The molecule has 1 fully saturated rings. The number of hydrogen-bond acceptors (Lipinski definition) is 7. The van der Waals surface area contributed by atoms with E-state index in [2.05, 4.69) is 15.5 Å². The van der Waals surface area contributed by atoms with Crippen LogP contribution >= 0.6 is 0 Å². The first-order valence-electron chi connectivity index (χ1n) is 10.7. The van der Waals surface area contributed by atoms with Crippen molar-refractivity contribution < 1.29 is 30.8 Å². The van der Waals surface area contributed by atoms with E-state index < -0.39 is 21.8 Å². The van der Waals surface area contributed by atoms with E-state index in [1.54, 1.807) is 19.1 Å². The number of sulfonamides is 1. The molecule has 1 N–H and O–H groups in total. The number of ether oxygens (including phenoxy) is 1. The van der Waals surface area contributed by atoms with E-state index in [-0.39, 0.29) is 28.9 Å². The Morgan fingerprint density at radius 2 is 1.82 bits per heavy atom. The molecular formula is C22H23F3N4O4S. The van der Waals surface area contributed by atoms with Gasteiger partial charge in [-0.05, 0) is 50.1 Å². The smallest absolute Gasteiger partial charge is 0.416 e. The lowest BCUT2D eigenvalue weighted by atomic mass is 10.1. The zero-order valence-corrected chi connectivity index (χ0v) is 19.1. The monoisotopic (exact) mass is 496 g/mol. The summed E-state index contributed by atoms with van der Waals surface area (Å²) in [6.45, 7) is 3.14. The predicted molar refractivity (Wildman–Crippen MR) is 118 cm³/mol. The fraction of sp³-hybridized carbons (Fsp3) is 0.364. The van der Waals surface area contributed by atoms with Gasteiger partial charge in [-0.2, -0.15) is 22.5 Å². The van der Waals surface area contributed by atoms with Crippen LogP contribution in [0.2, 0.25) is 0 Å². The second-order valence-electron chi connectivity index (χ2n) is 7.65. The number of nitrogens with zero attached hydrogens (tertiary/aromatic N) is 3. The lowest BCUT2D eigenvalue weighted by Gasteiger charge is -2.19. The summed E-state index contributed by atoms with van der Waals surface area (Å²) in [5.74, 6) is 0.615. The van der Waals surface area contributed by atoms with Crippen molar-refractivity contribution in [3.63, 3.8) is 0 Å². The first kappa shape index (κ1) is 24.0. The molecule has 1 saturated heterocycles. The van der Waals surface area contributed by atoms with E-state index in [9.17, 15) is 21.6 Å². The van der Waals surface area contributed by atoms with Crippen molar-refractivity contribution >= 4 is 15.7 Å². The average molecular weight is 497 g/mol. The van der Waals surface area contributed by atoms with Gasteiger partial charge in [-0.1, -0.05) is 17.3 Å². The fourth-order valence-corrected chi connectivity index (χ4v) is 5.27. The fourth-order valence-electron chi connectivity index (χ4n) is 3.59. The third-order valence-corrected chi connectivity index (χ3v) is 7.23. The summed E-state index contributed by atoms with van der Waals surface area (Å²) in [5, 5.41) is 6.85.